The first kappa shape index (κ1) is 11.4. The first-order chi connectivity index (χ1) is 6.91. The molecule has 0 aliphatic heterocycles. The number of aromatic carboxylic acids is 1. The summed E-state index contributed by atoms with van der Waals surface area (Å²) in [6.45, 7) is 3.97. The molecule has 0 aliphatic carbocycles. The second-order valence-corrected chi connectivity index (χ2v) is 3.96. The molecule has 15 heavy (non-hydrogen) atoms. The van der Waals surface area contributed by atoms with E-state index in [0.717, 1.165) is 0 Å². The summed E-state index contributed by atoms with van der Waals surface area (Å²) in [7, 11) is 0. The van der Waals surface area contributed by atoms with Crippen molar-refractivity contribution in [1.29, 1.82) is 0 Å². The normalized spacial score (nSPS) is 10.6. The Morgan fingerprint density at radius 2 is 2.07 bits per heavy atom. The number of nitrogens with two attached hydrogens (primary N) is 1. The van der Waals surface area contributed by atoms with E-state index in [-0.39, 0.29) is 11.3 Å². The van der Waals surface area contributed by atoms with Crippen molar-refractivity contribution in [2.45, 2.75) is 20.3 Å². The van der Waals surface area contributed by atoms with E-state index in [0.29, 0.717) is 23.6 Å². The van der Waals surface area contributed by atoms with Crippen LogP contribution >= 0.6 is 0 Å². The number of hydrogen-bond donors (Lipinski definition) is 3. The summed E-state index contributed by atoms with van der Waals surface area (Å²) in [4.78, 5) is 10.9. The Morgan fingerprint density at radius 1 is 1.47 bits per heavy atom. The van der Waals surface area contributed by atoms with Gasteiger partial charge in [-0.1, -0.05) is 13.8 Å². The van der Waals surface area contributed by atoms with Gasteiger partial charge in [-0.3, -0.25) is 0 Å². The van der Waals surface area contributed by atoms with Crippen LogP contribution in [0.3, 0.4) is 0 Å². The van der Waals surface area contributed by atoms with Crippen LogP contribution < -0.4 is 5.73 Å². The SMILES string of the molecule is CC(C)Cc1c(N)cc(O)cc1C(=O)O. The van der Waals surface area contributed by atoms with Gasteiger partial charge in [0.2, 0.25) is 0 Å². The van der Waals surface area contributed by atoms with Gasteiger partial charge >= 0.3 is 5.97 Å². The highest BCUT2D eigenvalue weighted by Gasteiger charge is 2.15. The van der Waals surface area contributed by atoms with Gasteiger partial charge in [-0.2, -0.15) is 0 Å². The quantitative estimate of drug-likeness (QED) is 0.663. The van der Waals surface area contributed by atoms with Crippen LogP contribution in [0.4, 0.5) is 5.69 Å². The minimum atomic E-state index is -1.06. The van der Waals surface area contributed by atoms with Crippen LogP contribution in [0, 0.1) is 5.92 Å². The maximum Gasteiger partial charge on any atom is 0.336 e. The van der Waals surface area contributed by atoms with Crippen molar-refractivity contribution < 1.29 is 15.0 Å². The average molecular weight is 209 g/mol. The van der Waals surface area contributed by atoms with E-state index in [2.05, 4.69) is 0 Å². The number of benzene rings is 1. The third-order valence-electron chi connectivity index (χ3n) is 2.11. The average Bonchev–Trinajstić information content (AvgIpc) is 2.08. The van der Waals surface area contributed by atoms with E-state index in [9.17, 15) is 9.90 Å². The Hall–Kier alpha value is -1.71. The van der Waals surface area contributed by atoms with Crippen LogP contribution in [0.5, 0.6) is 5.75 Å². The molecule has 0 aliphatic rings. The van der Waals surface area contributed by atoms with Crippen molar-refractivity contribution in [3.8, 4) is 5.75 Å². The second-order valence-electron chi connectivity index (χ2n) is 3.96. The molecule has 0 radical (unpaired) electrons. The van der Waals surface area contributed by atoms with Crippen molar-refractivity contribution in [2.75, 3.05) is 5.73 Å². The fraction of sp³-hybridized carbons (Fsp3) is 0.364. The topological polar surface area (TPSA) is 83.5 Å². The van der Waals surface area contributed by atoms with Crippen LogP contribution in [0.15, 0.2) is 12.1 Å². The van der Waals surface area contributed by atoms with E-state index in [1.807, 2.05) is 13.8 Å². The molecular weight excluding hydrogens is 194 g/mol. The molecule has 1 aromatic rings. The highest BCUT2D eigenvalue weighted by Crippen LogP contribution is 2.26. The van der Waals surface area contributed by atoms with Gasteiger partial charge in [-0.15, -0.1) is 0 Å². The number of anilines is 1. The van der Waals surface area contributed by atoms with Gasteiger partial charge in [0.25, 0.3) is 0 Å². The van der Waals surface area contributed by atoms with Gasteiger partial charge in [-0.25, -0.2) is 4.79 Å². The molecule has 82 valence electrons. The molecule has 0 amide bonds. The Morgan fingerprint density at radius 3 is 2.53 bits per heavy atom. The summed E-state index contributed by atoms with van der Waals surface area (Å²) in [5.41, 5.74) is 6.70. The van der Waals surface area contributed by atoms with Gasteiger partial charge in [-0.05, 0) is 24.0 Å². The third kappa shape index (κ3) is 2.62. The van der Waals surface area contributed by atoms with Gasteiger partial charge < -0.3 is 15.9 Å². The number of aromatic hydroxyl groups is 1. The summed E-state index contributed by atoms with van der Waals surface area (Å²) in [6.07, 6.45) is 0.591. The molecule has 0 saturated heterocycles. The Kier molecular flexibility index (Phi) is 3.19. The van der Waals surface area contributed by atoms with Crippen LogP contribution in [0.2, 0.25) is 0 Å². The number of rotatable bonds is 3. The number of carboxylic acid groups (broad SMARTS) is 1. The van der Waals surface area contributed by atoms with Crippen LogP contribution in [-0.2, 0) is 6.42 Å². The zero-order valence-electron chi connectivity index (χ0n) is 8.82. The maximum absolute atomic E-state index is 10.9. The molecule has 0 bridgehead atoms. The number of carboxylic acids is 1. The summed E-state index contributed by atoms with van der Waals surface area (Å²) in [5, 5.41) is 18.2. The Labute approximate surface area is 88.3 Å². The molecule has 4 nitrogen and oxygen atoms in total. The van der Waals surface area contributed by atoms with Crippen molar-refractivity contribution in [2.24, 2.45) is 5.92 Å². The lowest BCUT2D eigenvalue weighted by molar-refractivity contribution is 0.0695. The lowest BCUT2D eigenvalue weighted by Crippen LogP contribution is -2.08. The van der Waals surface area contributed by atoms with E-state index >= 15 is 0 Å². The molecule has 0 spiro atoms. The minimum Gasteiger partial charge on any atom is -0.508 e. The van der Waals surface area contributed by atoms with Crippen LogP contribution in [-0.4, -0.2) is 16.2 Å². The predicted molar refractivity (Wildman–Crippen MR) is 58.0 cm³/mol. The molecule has 4 heteroatoms. The zero-order valence-corrected chi connectivity index (χ0v) is 8.82. The van der Waals surface area contributed by atoms with Crippen molar-refractivity contribution in [1.82, 2.24) is 0 Å². The number of hydrogen-bond acceptors (Lipinski definition) is 3. The molecule has 4 N–H and O–H groups in total. The molecule has 1 rings (SSSR count). The second kappa shape index (κ2) is 4.21. The molecule has 0 unspecified atom stereocenters. The molecule has 0 fully saturated rings. The number of phenols is 1. The lowest BCUT2D eigenvalue weighted by Gasteiger charge is -2.12. The van der Waals surface area contributed by atoms with Gasteiger partial charge in [0, 0.05) is 11.8 Å². The van der Waals surface area contributed by atoms with E-state index < -0.39 is 5.97 Å². The summed E-state index contributed by atoms with van der Waals surface area (Å²) in [5.74, 6) is -0.861. The summed E-state index contributed by atoms with van der Waals surface area (Å²) >= 11 is 0. The number of carbonyl (C=O) groups is 1. The lowest BCUT2D eigenvalue weighted by atomic mass is 9.96. The third-order valence-corrected chi connectivity index (χ3v) is 2.11. The van der Waals surface area contributed by atoms with Gasteiger partial charge in [0.05, 0.1) is 5.56 Å². The maximum atomic E-state index is 10.9. The van der Waals surface area contributed by atoms with Crippen LogP contribution in [0.1, 0.15) is 29.8 Å². The molecule has 0 saturated carbocycles. The monoisotopic (exact) mass is 209 g/mol. The molecule has 1 aromatic carbocycles. The Balaban J connectivity index is 3.27. The van der Waals surface area contributed by atoms with Gasteiger partial charge in [0.1, 0.15) is 5.75 Å². The number of phenolic OH excluding ortho intramolecular Hbond substituents is 1. The highest BCUT2D eigenvalue weighted by atomic mass is 16.4. The minimum absolute atomic E-state index is 0.0844. The molecule has 0 aromatic heterocycles. The Bertz CT molecular complexity index is 386. The summed E-state index contributed by atoms with van der Waals surface area (Å²) in [6, 6.07) is 2.61. The predicted octanol–water partition coefficient (Wildman–Crippen LogP) is 1.87. The summed E-state index contributed by atoms with van der Waals surface area (Å²) < 4.78 is 0. The van der Waals surface area contributed by atoms with Crippen molar-refractivity contribution in [3.05, 3.63) is 23.3 Å². The molecule has 0 atom stereocenters. The fourth-order valence-electron chi connectivity index (χ4n) is 1.51. The fourth-order valence-corrected chi connectivity index (χ4v) is 1.51. The standard InChI is InChI=1S/C11H15NO3/c1-6(2)3-8-9(11(14)15)4-7(13)5-10(8)12/h4-6,13H,3,12H2,1-2H3,(H,14,15). The smallest absolute Gasteiger partial charge is 0.336 e. The van der Waals surface area contributed by atoms with Crippen molar-refractivity contribution >= 4 is 11.7 Å². The first-order valence-electron chi connectivity index (χ1n) is 4.76. The first-order valence-corrected chi connectivity index (χ1v) is 4.76. The highest BCUT2D eigenvalue weighted by molar-refractivity contribution is 5.91. The van der Waals surface area contributed by atoms with E-state index in [1.165, 1.54) is 12.1 Å². The molecule has 0 heterocycles. The number of nitrogen functional groups attached to an aromatic ring is 1. The zero-order chi connectivity index (χ0) is 11.6. The van der Waals surface area contributed by atoms with Crippen LogP contribution in [0.25, 0.3) is 0 Å². The van der Waals surface area contributed by atoms with E-state index in [1.54, 1.807) is 0 Å². The van der Waals surface area contributed by atoms with Gasteiger partial charge in [0.15, 0.2) is 0 Å². The largest absolute Gasteiger partial charge is 0.508 e. The molecular formula is C11H15NO3. The van der Waals surface area contributed by atoms with Crippen molar-refractivity contribution in [3.63, 3.8) is 0 Å². The van der Waals surface area contributed by atoms with E-state index in [4.69, 9.17) is 10.8 Å².